The van der Waals surface area contributed by atoms with Crippen LogP contribution in [0.3, 0.4) is 0 Å². The van der Waals surface area contributed by atoms with E-state index in [0.29, 0.717) is 32.6 Å². The number of pyridine rings is 1. The van der Waals surface area contributed by atoms with Crippen LogP contribution in [0.2, 0.25) is 10.0 Å². The van der Waals surface area contributed by atoms with E-state index in [9.17, 15) is 14.4 Å². The Kier molecular flexibility index (Phi) is 5.25. The first-order chi connectivity index (χ1) is 12.3. The molecule has 1 aromatic heterocycles. The van der Waals surface area contributed by atoms with Crippen LogP contribution in [-0.2, 0) is 9.59 Å². The van der Waals surface area contributed by atoms with E-state index in [2.05, 4.69) is 15.6 Å². The van der Waals surface area contributed by atoms with Crippen molar-refractivity contribution in [3.8, 4) is 11.3 Å². The molecule has 6 nitrogen and oxygen atoms in total. The topological polar surface area (TPSA) is 88.2 Å². The molecular weight excluding hydrogens is 377 g/mol. The van der Waals surface area contributed by atoms with E-state index in [-0.39, 0.29) is 18.7 Å². The van der Waals surface area contributed by atoms with Crippen molar-refractivity contribution in [3.63, 3.8) is 0 Å². The monoisotopic (exact) mass is 391 g/mol. The zero-order valence-electron chi connectivity index (χ0n) is 13.8. The van der Waals surface area contributed by atoms with Crippen LogP contribution in [0.15, 0.2) is 30.3 Å². The van der Waals surface area contributed by atoms with Crippen molar-refractivity contribution in [1.82, 2.24) is 15.6 Å². The second-order valence-electron chi connectivity index (χ2n) is 5.93. The molecule has 2 heterocycles. The summed E-state index contributed by atoms with van der Waals surface area (Å²) in [6, 6.07) is 7.67. The molecular formula is C18H15Cl2N3O3. The summed E-state index contributed by atoms with van der Waals surface area (Å²) in [6.45, 7) is 1.70. The van der Waals surface area contributed by atoms with Gasteiger partial charge in [-0.2, -0.15) is 0 Å². The van der Waals surface area contributed by atoms with Gasteiger partial charge in [-0.25, -0.2) is 0 Å². The van der Waals surface area contributed by atoms with Gasteiger partial charge >= 0.3 is 0 Å². The number of carbonyl (C=O) groups excluding carboxylic acids is 3. The summed E-state index contributed by atoms with van der Waals surface area (Å²) < 4.78 is 0. The summed E-state index contributed by atoms with van der Waals surface area (Å²) in [5.74, 6) is -1.24. The van der Waals surface area contributed by atoms with Gasteiger partial charge in [0, 0.05) is 17.0 Å². The van der Waals surface area contributed by atoms with E-state index >= 15 is 0 Å². The molecule has 2 N–H and O–H groups in total. The average molecular weight is 392 g/mol. The Morgan fingerprint density at radius 1 is 1.23 bits per heavy atom. The highest BCUT2D eigenvalue weighted by Crippen LogP contribution is 2.29. The first kappa shape index (κ1) is 18.4. The Morgan fingerprint density at radius 3 is 2.65 bits per heavy atom. The van der Waals surface area contributed by atoms with Gasteiger partial charge in [0.15, 0.2) is 0 Å². The zero-order valence-corrected chi connectivity index (χ0v) is 15.3. The number of amides is 3. The van der Waals surface area contributed by atoms with E-state index in [1.54, 1.807) is 37.3 Å². The lowest BCUT2D eigenvalue weighted by Gasteiger charge is -2.22. The molecule has 1 unspecified atom stereocenters. The number of rotatable bonds is 3. The number of imide groups is 1. The predicted octanol–water partition coefficient (Wildman–Crippen LogP) is 2.90. The molecule has 3 rings (SSSR count). The van der Waals surface area contributed by atoms with Crippen molar-refractivity contribution in [1.29, 1.82) is 0 Å². The molecule has 0 spiro atoms. The summed E-state index contributed by atoms with van der Waals surface area (Å²) >= 11 is 12.1. The molecule has 1 aliphatic heterocycles. The number of hydrogen-bond acceptors (Lipinski definition) is 4. The minimum absolute atomic E-state index is 0.196. The lowest BCUT2D eigenvalue weighted by molar-refractivity contribution is -0.134. The first-order valence-electron chi connectivity index (χ1n) is 7.93. The van der Waals surface area contributed by atoms with E-state index < -0.39 is 17.9 Å². The standard InChI is InChI=1S/C18H15Cl2N3O3/c1-9-11(17(25)22-15-6-7-16(24)23-18(15)26)4-5-14(21-9)12-3-2-10(19)8-13(12)20/h2-5,8,15H,6-7H2,1H3,(H,22,25)(H,23,24,26). The predicted molar refractivity (Wildman–Crippen MR) is 98.1 cm³/mol. The zero-order chi connectivity index (χ0) is 18.8. The third kappa shape index (κ3) is 3.86. The van der Waals surface area contributed by atoms with Gasteiger partial charge in [0.25, 0.3) is 5.91 Å². The summed E-state index contributed by atoms with van der Waals surface area (Å²) in [5.41, 5.74) is 2.17. The van der Waals surface area contributed by atoms with Crippen LogP contribution in [0.5, 0.6) is 0 Å². The van der Waals surface area contributed by atoms with Crippen LogP contribution in [0, 0.1) is 6.92 Å². The number of halogens is 2. The van der Waals surface area contributed by atoms with E-state index in [0.717, 1.165) is 0 Å². The van der Waals surface area contributed by atoms with Crippen LogP contribution in [0.25, 0.3) is 11.3 Å². The van der Waals surface area contributed by atoms with Gasteiger partial charge in [-0.15, -0.1) is 0 Å². The second-order valence-corrected chi connectivity index (χ2v) is 6.77. The second kappa shape index (κ2) is 7.43. The smallest absolute Gasteiger partial charge is 0.253 e. The maximum Gasteiger partial charge on any atom is 0.253 e. The van der Waals surface area contributed by atoms with E-state index in [1.165, 1.54) is 0 Å². The molecule has 0 bridgehead atoms. The molecule has 1 aliphatic rings. The van der Waals surface area contributed by atoms with Crippen molar-refractivity contribution in [2.24, 2.45) is 0 Å². The Morgan fingerprint density at radius 2 is 2.00 bits per heavy atom. The highest BCUT2D eigenvalue weighted by Gasteiger charge is 2.28. The lowest BCUT2D eigenvalue weighted by atomic mass is 10.0. The number of aromatic nitrogens is 1. The molecule has 26 heavy (non-hydrogen) atoms. The van der Waals surface area contributed by atoms with Gasteiger partial charge in [0.2, 0.25) is 11.8 Å². The fourth-order valence-electron chi connectivity index (χ4n) is 2.72. The molecule has 1 fully saturated rings. The largest absolute Gasteiger partial charge is 0.340 e. The molecule has 134 valence electrons. The van der Waals surface area contributed by atoms with Gasteiger partial charge in [0.05, 0.1) is 22.0 Å². The molecule has 0 aliphatic carbocycles. The number of nitrogens with zero attached hydrogens (tertiary/aromatic N) is 1. The summed E-state index contributed by atoms with van der Waals surface area (Å²) in [6.07, 6.45) is 0.475. The molecule has 0 radical (unpaired) electrons. The number of aryl methyl sites for hydroxylation is 1. The number of benzene rings is 1. The fourth-order valence-corrected chi connectivity index (χ4v) is 3.22. The lowest BCUT2D eigenvalue weighted by Crippen LogP contribution is -2.52. The van der Waals surface area contributed by atoms with Crippen LogP contribution in [0.4, 0.5) is 0 Å². The summed E-state index contributed by atoms with van der Waals surface area (Å²) in [7, 11) is 0. The van der Waals surface area contributed by atoms with Gasteiger partial charge in [0.1, 0.15) is 6.04 Å². The Balaban J connectivity index is 1.80. The molecule has 3 amide bonds. The molecule has 8 heteroatoms. The van der Waals surface area contributed by atoms with Crippen molar-refractivity contribution in [3.05, 3.63) is 51.6 Å². The SMILES string of the molecule is Cc1nc(-c2ccc(Cl)cc2Cl)ccc1C(=O)NC1CCC(=O)NC1=O. The first-order valence-corrected chi connectivity index (χ1v) is 8.68. The number of carbonyl (C=O) groups is 3. The van der Waals surface area contributed by atoms with Crippen molar-refractivity contribution >= 4 is 40.9 Å². The molecule has 1 atom stereocenters. The highest BCUT2D eigenvalue weighted by atomic mass is 35.5. The summed E-state index contributed by atoms with van der Waals surface area (Å²) in [4.78, 5) is 39.8. The van der Waals surface area contributed by atoms with Crippen molar-refractivity contribution in [2.45, 2.75) is 25.8 Å². The third-order valence-electron chi connectivity index (χ3n) is 4.08. The number of nitrogens with one attached hydrogen (secondary N) is 2. The maximum atomic E-state index is 12.5. The number of hydrogen-bond donors (Lipinski definition) is 2. The molecule has 1 aromatic carbocycles. The van der Waals surface area contributed by atoms with Crippen molar-refractivity contribution in [2.75, 3.05) is 0 Å². The van der Waals surface area contributed by atoms with Gasteiger partial charge in [-0.1, -0.05) is 23.2 Å². The molecule has 2 aromatic rings. The van der Waals surface area contributed by atoms with Crippen molar-refractivity contribution < 1.29 is 14.4 Å². The minimum atomic E-state index is -0.731. The fraction of sp³-hybridized carbons (Fsp3) is 0.222. The Hall–Kier alpha value is -2.44. The van der Waals surface area contributed by atoms with Crippen LogP contribution in [-0.4, -0.2) is 28.7 Å². The summed E-state index contributed by atoms with van der Waals surface area (Å²) in [5, 5.41) is 5.83. The van der Waals surface area contributed by atoms with E-state index in [4.69, 9.17) is 23.2 Å². The van der Waals surface area contributed by atoms with E-state index in [1.807, 2.05) is 0 Å². The number of piperidine rings is 1. The third-order valence-corrected chi connectivity index (χ3v) is 4.63. The molecule has 0 saturated carbocycles. The minimum Gasteiger partial charge on any atom is -0.340 e. The van der Waals surface area contributed by atoms with Crippen LogP contribution >= 0.6 is 23.2 Å². The average Bonchev–Trinajstić information content (AvgIpc) is 2.57. The normalized spacial score (nSPS) is 17.0. The van der Waals surface area contributed by atoms with Gasteiger partial charge < -0.3 is 5.32 Å². The van der Waals surface area contributed by atoms with Crippen LogP contribution in [0.1, 0.15) is 28.9 Å². The quantitative estimate of drug-likeness (QED) is 0.787. The van der Waals surface area contributed by atoms with Gasteiger partial charge in [-0.3, -0.25) is 24.7 Å². The maximum absolute atomic E-state index is 12.5. The highest BCUT2D eigenvalue weighted by molar-refractivity contribution is 6.36. The Bertz CT molecular complexity index is 915. The van der Waals surface area contributed by atoms with Crippen LogP contribution < -0.4 is 10.6 Å². The molecule has 1 saturated heterocycles. The Labute approximate surface area is 159 Å². The van der Waals surface area contributed by atoms with Gasteiger partial charge in [-0.05, 0) is 43.7 Å².